The number of hydrogen-bond donors (Lipinski definition) is 16. The minimum absolute atomic E-state index is 0.101. The zero-order chi connectivity index (χ0) is 97.3. The van der Waals surface area contributed by atoms with Crippen LogP contribution in [0.3, 0.4) is 0 Å². The van der Waals surface area contributed by atoms with Crippen LogP contribution in [-0.2, 0) is 120 Å². The number of aromatic hydroxyl groups is 2. The Morgan fingerprint density at radius 2 is 0.902 bits per heavy atom. The normalized spacial score (nSPS) is 22.1. The van der Waals surface area contributed by atoms with Gasteiger partial charge < -0.3 is 104 Å². The fraction of sp³-hybridized carbons (Fsp3) is 0.421. The lowest BCUT2D eigenvalue weighted by molar-refractivity contribution is -0.149. The zero-order valence-electron chi connectivity index (χ0n) is 75.8. The molecule has 15 amide bonds. The van der Waals surface area contributed by atoms with Gasteiger partial charge in [0, 0.05) is 96.0 Å². The van der Waals surface area contributed by atoms with Gasteiger partial charge in [-0.25, -0.2) is 0 Å². The fourth-order valence-corrected chi connectivity index (χ4v) is 16.1. The number of para-hydroxylation sites is 1. The van der Waals surface area contributed by atoms with Crippen LogP contribution in [0.5, 0.6) is 11.5 Å². The molecule has 12 atom stereocenters. The SMILES string of the molecule is CCCC[C@H]1C(=O)N[C@H](CCC(=O)O)C(=O)N[C@@H](CC(=O)O)C(=O)N[C@@H](C(C)C)C(=O)N(C)C(Cc2ccccc2)C(=O)N[C@@H](Cc2ccc(O)cc2)C(=O)N(C)CC(=O)N[C@@H](Cc2c[nH]c3ccccc23)C(=O)N[C@@H](Cc2ccc(O)cc2)C(=O)N[C@@H](CC(C)C)C(=O)N[C@H](C(=O)NCC(N)=O)CSCC(=O)N[C@@H](Cc2ccccc2)C(=O)N(C)[C@@H](Cc2ccccc2)C(=O)N1C. The van der Waals surface area contributed by atoms with Gasteiger partial charge in [0.15, 0.2) is 0 Å². The fourth-order valence-electron chi connectivity index (χ4n) is 15.3. The van der Waals surface area contributed by atoms with Crippen molar-refractivity contribution in [3.8, 4) is 11.5 Å². The molecule has 2 heterocycles. The second-order valence-corrected chi connectivity index (χ2v) is 34.8. The average molecular weight is 1850 g/mol. The summed E-state index contributed by atoms with van der Waals surface area (Å²) in [5.74, 6) is -20.2. The monoisotopic (exact) mass is 1850 g/mol. The van der Waals surface area contributed by atoms with Gasteiger partial charge in [-0.05, 0) is 94.8 Å². The molecule has 6 aromatic carbocycles. The minimum atomic E-state index is -2.08. The van der Waals surface area contributed by atoms with Gasteiger partial charge in [-0.2, -0.15) is 0 Å². The molecule has 0 aliphatic carbocycles. The molecule has 1 unspecified atom stereocenters. The maximum atomic E-state index is 15.6. The predicted molar refractivity (Wildman–Crippen MR) is 493 cm³/mol. The number of hydrogen-bond acceptors (Lipinski definition) is 20. The first kappa shape index (κ1) is 104. The minimum Gasteiger partial charge on any atom is -0.508 e. The molecule has 0 spiro atoms. The highest BCUT2D eigenvalue weighted by Gasteiger charge is 2.43. The number of carbonyl (C=O) groups excluding carboxylic acids is 15. The number of phenolic OH excluding ortho intramolecular Hbond substituents is 2. The molecule has 0 radical (unpaired) electrons. The number of fused-ring (bicyclic) bond motifs is 1. The molecule has 8 rings (SSSR count). The molecule has 1 aliphatic heterocycles. The van der Waals surface area contributed by atoms with E-state index in [2.05, 4.69) is 58.2 Å². The molecule has 7 aromatic rings. The predicted octanol–water partition coefficient (Wildman–Crippen LogP) is 2.22. The molecule has 37 nitrogen and oxygen atoms in total. The van der Waals surface area contributed by atoms with Crippen molar-refractivity contribution < 1.29 is 102 Å². The number of H-pyrrole nitrogens is 1. The summed E-state index contributed by atoms with van der Waals surface area (Å²) >= 11 is 0.802. The smallest absolute Gasteiger partial charge is 0.305 e. The number of rotatable bonds is 26. The third-order valence-corrected chi connectivity index (χ3v) is 23.6. The number of thioether (sulfide) groups is 1. The third kappa shape index (κ3) is 32.1. The largest absolute Gasteiger partial charge is 0.508 e. The molecular weight excluding hydrogens is 1730 g/mol. The second-order valence-electron chi connectivity index (χ2n) is 33.8. The first-order chi connectivity index (χ1) is 63.3. The van der Waals surface area contributed by atoms with Crippen LogP contribution >= 0.6 is 11.8 Å². The van der Waals surface area contributed by atoms with Crippen LogP contribution in [0, 0.1) is 11.8 Å². The van der Waals surface area contributed by atoms with Crippen molar-refractivity contribution in [1.82, 2.24) is 77.8 Å². The molecular formula is C95H120N16O21S. The van der Waals surface area contributed by atoms with Crippen LogP contribution in [0.15, 0.2) is 170 Å². The van der Waals surface area contributed by atoms with Crippen LogP contribution in [0.25, 0.3) is 10.9 Å². The maximum Gasteiger partial charge on any atom is 0.305 e. The van der Waals surface area contributed by atoms with Crippen LogP contribution < -0.4 is 58.9 Å². The number of benzene rings is 6. The molecule has 133 heavy (non-hydrogen) atoms. The molecule has 1 aliphatic rings. The van der Waals surface area contributed by atoms with Crippen molar-refractivity contribution >= 4 is 123 Å². The van der Waals surface area contributed by atoms with Gasteiger partial charge in [-0.15, -0.1) is 11.8 Å². The first-order valence-electron chi connectivity index (χ1n) is 43.8. The van der Waals surface area contributed by atoms with Crippen molar-refractivity contribution in [1.29, 1.82) is 0 Å². The zero-order valence-corrected chi connectivity index (χ0v) is 76.6. The molecule has 712 valence electrons. The van der Waals surface area contributed by atoms with Gasteiger partial charge in [0.25, 0.3) is 0 Å². The summed E-state index contributed by atoms with van der Waals surface area (Å²) in [7, 11) is 5.09. The van der Waals surface area contributed by atoms with Crippen molar-refractivity contribution in [2.45, 2.75) is 191 Å². The molecule has 1 fully saturated rings. The standard InChI is InChI=1S/C95H120N16O21S/c1-10-11-31-75-90(127)101-67(40-41-81(117)118)85(122)104-71(49-82(119)120)89(126)107-83(56(4)5)95(132)110(8)76(46-58-25-17-13-18-26-58)91(128)105-72(45-61-34-38-64(113)39-35-61)92(129)108(6)52-79(115)99-70(48-62-50-97-66-30-22-21-29-65(62)66)88(125)103-69(43-60-32-36-63(112)37-33-60)87(124)102-68(42-55(2)3)86(123)106-74(84(121)98-51-78(96)114)53-133-54-80(116)100-73(44-57-23-15-12-16-24-57)93(130)111(9)77(94(131)109(75)7)47-59-27-19-14-20-28-59/h12-30,32-39,50,55-56,67-77,83,97,112-113H,10-11,31,40-49,51-54H2,1-9H3,(H2,96,114)(H,98,121)(H,99,115)(H,100,116)(H,101,127)(H,102,124)(H,103,125)(H,104,122)(H,105,128)(H,106,123)(H,107,126)(H,117,118)(H,119,120)/t67-,68+,69+,70+,71+,72+,73+,74+,75+,76?,77+,83+/m1/s1. The highest BCUT2D eigenvalue weighted by molar-refractivity contribution is 8.00. The molecule has 0 bridgehead atoms. The molecule has 1 aromatic heterocycles. The summed E-state index contributed by atoms with van der Waals surface area (Å²) in [5.41, 5.74) is 8.92. The van der Waals surface area contributed by atoms with E-state index in [1.807, 2.05) is 0 Å². The van der Waals surface area contributed by atoms with Gasteiger partial charge in [-0.3, -0.25) is 81.5 Å². The number of nitrogens with two attached hydrogens (primary N) is 1. The van der Waals surface area contributed by atoms with E-state index in [1.165, 1.54) is 90.6 Å². The van der Waals surface area contributed by atoms with Gasteiger partial charge >= 0.3 is 11.9 Å². The van der Waals surface area contributed by atoms with Crippen molar-refractivity contribution in [2.75, 3.05) is 52.8 Å². The number of aliphatic carboxylic acids is 2. The van der Waals surface area contributed by atoms with E-state index < -0.39 is 223 Å². The Bertz CT molecular complexity index is 5220. The van der Waals surface area contributed by atoms with E-state index in [0.717, 1.165) is 31.4 Å². The van der Waals surface area contributed by atoms with E-state index in [-0.39, 0.29) is 75.2 Å². The van der Waals surface area contributed by atoms with E-state index in [4.69, 9.17) is 5.73 Å². The number of aromatic nitrogens is 1. The lowest BCUT2D eigenvalue weighted by atomic mass is 9.98. The number of nitrogens with zero attached hydrogens (tertiary/aromatic N) is 4. The van der Waals surface area contributed by atoms with E-state index in [1.54, 1.807) is 142 Å². The Kier molecular flexibility index (Phi) is 39.8. The van der Waals surface area contributed by atoms with Crippen LogP contribution in [0.4, 0.5) is 0 Å². The second kappa shape index (κ2) is 50.8. The van der Waals surface area contributed by atoms with Crippen molar-refractivity contribution in [3.05, 3.63) is 203 Å². The lowest BCUT2D eigenvalue weighted by Gasteiger charge is -2.36. The Balaban J connectivity index is 1.23. The summed E-state index contributed by atoms with van der Waals surface area (Å²) in [6.45, 7) is 6.77. The Morgan fingerprint density at radius 3 is 1.45 bits per heavy atom. The number of unbranched alkanes of at least 4 members (excludes halogenated alkanes) is 1. The highest BCUT2D eigenvalue weighted by Crippen LogP contribution is 2.25. The summed E-state index contributed by atoms with van der Waals surface area (Å²) in [5, 5.41) is 68.1. The highest BCUT2D eigenvalue weighted by atomic mass is 32.2. The third-order valence-electron chi connectivity index (χ3n) is 22.6. The number of carbonyl (C=O) groups is 17. The number of carboxylic acids is 2. The lowest BCUT2D eigenvalue weighted by Crippen LogP contribution is -2.62. The van der Waals surface area contributed by atoms with Crippen LogP contribution in [-0.4, -0.2) is 271 Å². The number of likely N-dealkylation sites (N-methyl/N-ethyl adjacent to an activating group) is 4. The number of primary amides is 1. The van der Waals surface area contributed by atoms with Crippen molar-refractivity contribution in [3.63, 3.8) is 0 Å². The number of carboxylic acid groups (broad SMARTS) is 2. The van der Waals surface area contributed by atoms with Crippen LogP contribution in [0.2, 0.25) is 0 Å². The van der Waals surface area contributed by atoms with Crippen molar-refractivity contribution in [2.24, 2.45) is 17.6 Å². The number of amides is 15. The molecule has 1 saturated heterocycles. The number of aromatic amines is 1. The number of nitrogens with one attached hydrogen (secondary N) is 11. The topological polar surface area (TPSA) is 546 Å². The molecule has 17 N–H and O–H groups in total. The summed E-state index contributed by atoms with van der Waals surface area (Å²) in [6.07, 6.45) is -2.07. The Hall–Kier alpha value is -14.2. The molecule has 0 saturated carbocycles. The van der Waals surface area contributed by atoms with E-state index in [9.17, 15) is 63.6 Å². The summed E-state index contributed by atoms with van der Waals surface area (Å²) in [6, 6.07) is 24.0. The number of phenols is 2. The van der Waals surface area contributed by atoms with E-state index in [0.29, 0.717) is 50.7 Å². The van der Waals surface area contributed by atoms with Gasteiger partial charge in [0.1, 0.15) is 84.0 Å². The van der Waals surface area contributed by atoms with E-state index >= 15 is 38.4 Å². The summed E-state index contributed by atoms with van der Waals surface area (Å²) in [4.78, 5) is 256. The molecule has 38 heteroatoms. The van der Waals surface area contributed by atoms with Gasteiger partial charge in [0.05, 0.1) is 25.3 Å². The maximum absolute atomic E-state index is 15.6. The van der Waals surface area contributed by atoms with Crippen LogP contribution in [0.1, 0.15) is 113 Å². The average Bonchev–Trinajstić information content (AvgIpc) is 1.79. The van der Waals surface area contributed by atoms with Gasteiger partial charge in [-0.1, -0.05) is 181 Å². The quantitative estimate of drug-likeness (QED) is 0.0369. The Labute approximate surface area is 774 Å². The Morgan fingerprint density at radius 1 is 0.451 bits per heavy atom. The summed E-state index contributed by atoms with van der Waals surface area (Å²) < 4.78 is 0. The van der Waals surface area contributed by atoms with Gasteiger partial charge in [0.2, 0.25) is 88.6 Å². The first-order valence-corrected chi connectivity index (χ1v) is 45.0.